The molecule has 1 N–H and O–H groups in total. The predicted octanol–water partition coefficient (Wildman–Crippen LogP) is 0.997. The van der Waals surface area contributed by atoms with Gasteiger partial charge >= 0.3 is 5.97 Å². The Hall–Kier alpha value is -0.570. The Morgan fingerprint density at radius 3 is 2.83 bits per heavy atom. The molecule has 1 spiro atoms. The monoisotopic (exact) mass is 170 g/mol. The van der Waals surface area contributed by atoms with Gasteiger partial charge in [0, 0.05) is 12.8 Å². The Kier molecular flexibility index (Phi) is 1.83. The molecular formula is C9H14O3. The fraction of sp³-hybridized carbons (Fsp3) is 0.889. The van der Waals surface area contributed by atoms with Gasteiger partial charge in [0.2, 0.25) is 0 Å². The summed E-state index contributed by atoms with van der Waals surface area (Å²) in [4.78, 5) is 10.9. The van der Waals surface area contributed by atoms with Gasteiger partial charge in [-0.15, -0.1) is 0 Å². The van der Waals surface area contributed by atoms with Crippen molar-refractivity contribution in [3.63, 3.8) is 0 Å². The average Bonchev–Trinajstić information content (AvgIpc) is 2.41. The smallest absolute Gasteiger partial charge is 0.306 e. The van der Waals surface area contributed by atoms with Crippen molar-refractivity contribution in [1.82, 2.24) is 0 Å². The SMILES string of the molecule is O=C1CC[C@]2(CCCC[C@@H]2O)O1. The molecule has 0 aromatic carbocycles. The molecule has 2 fully saturated rings. The van der Waals surface area contributed by atoms with E-state index in [1.165, 1.54) is 0 Å². The van der Waals surface area contributed by atoms with Crippen LogP contribution in [0.5, 0.6) is 0 Å². The Bertz CT molecular complexity index is 202. The minimum atomic E-state index is -0.491. The molecule has 1 heterocycles. The van der Waals surface area contributed by atoms with Crippen molar-refractivity contribution in [1.29, 1.82) is 0 Å². The number of hydrogen-bond acceptors (Lipinski definition) is 3. The number of aliphatic hydroxyl groups is 1. The van der Waals surface area contributed by atoms with E-state index >= 15 is 0 Å². The molecule has 2 aliphatic rings. The Balaban J connectivity index is 2.12. The third-order valence-corrected chi connectivity index (χ3v) is 3.00. The highest BCUT2D eigenvalue weighted by Gasteiger charge is 2.47. The highest BCUT2D eigenvalue weighted by atomic mass is 16.6. The molecule has 2 atom stereocenters. The summed E-state index contributed by atoms with van der Waals surface area (Å²) in [6.07, 6.45) is 4.54. The van der Waals surface area contributed by atoms with Crippen LogP contribution in [0.1, 0.15) is 38.5 Å². The normalized spacial score (nSPS) is 41.8. The molecular weight excluding hydrogens is 156 g/mol. The zero-order valence-electron chi connectivity index (χ0n) is 7.08. The molecule has 68 valence electrons. The fourth-order valence-corrected chi connectivity index (χ4v) is 2.24. The fourth-order valence-electron chi connectivity index (χ4n) is 2.24. The molecule has 0 bridgehead atoms. The first-order valence-corrected chi connectivity index (χ1v) is 4.63. The van der Waals surface area contributed by atoms with Crippen LogP contribution in [0.15, 0.2) is 0 Å². The van der Waals surface area contributed by atoms with E-state index in [0.717, 1.165) is 25.7 Å². The van der Waals surface area contributed by atoms with Crippen LogP contribution in [0, 0.1) is 0 Å². The van der Waals surface area contributed by atoms with Gasteiger partial charge in [0.25, 0.3) is 0 Å². The summed E-state index contributed by atoms with van der Waals surface area (Å²) in [5.74, 6) is -0.143. The summed E-state index contributed by atoms with van der Waals surface area (Å²) in [6, 6.07) is 0. The number of aliphatic hydroxyl groups excluding tert-OH is 1. The summed E-state index contributed by atoms with van der Waals surface area (Å²) in [5, 5.41) is 9.70. The molecule has 0 aromatic heterocycles. The molecule has 0 unspecified atom stereocenters. The minimum Gasteiger partial charge on any atom is -0.456 e. The van der Waals surface area contributed by atoms with Crippen LogP contribution in [0.2, 0.25) is 0 Å². The Morgan fingerprint density at radius 2 is 2.25 bits per heavy atom. The van der Waals surface area contributed by atoms with Crippen molar-refractivity contribution < 1.29 is 14.6 Å². The van der Waals surface area contributed by atoms with Crippen LogP contribution in [0.25, 0.3) is 0 Å². The summed E-state index contributed by atoms with van der Waals surface area (Å²) in [5.41, 5.74) is -0.491. The topological polar surface area (TPSA) is 46.5 Å². The quantitative estimate of drug-likeness (QED) is 0.551. The van der Waals surface area contributed by atoms with Crippen LogP contribution in [0.3, 0.4) is 0 Å². The first kappa shape index (κ1) is 8.05. The van der Waals surface area contributed by atoms with Gasteiger partial charge < -0.3 is 9.84 Å². The van der Waals surface area contributed by atoms with Gasteiger partial charge in [-0.25, -0.2) is 0 Å². The van der Waals surface area contributed by atoms with Crippen molar-refractivity contribution in [2.24, 2.45) is 0 Å². The first-order valence-electron chi connectivity index (χ1n) is 4.63. The number of carbonyl (C=O) groups excluding carboxylic acids is 1. The van der Waals surface area contributed by atoms with E-state index in [1.54, 1.807) is 0 Å². The maximum atomic E-state index is 10.9. The summed E-state index contributed by atoms with van der Waals surface area (Å²) >= 11 is 0. The molecule has 1 saturated carbocycles. The zero-order chi connectivity index (χ0) is 8.60. The molecule has 1 aliphatic carbocycles. The lowest BCUT2D eigenvalue weighted by Gasteiger charge is -2.36. The number of ether oxygens (including phenoxy) is 1. The van der Waals surface area contributed by atoms with Crippen molar-refractivity contribution >= 4 is 5.97 Å². The number of rotatable bonds is 0. The molecule has 3 heteroatoms. The molecule has 0 radical (unpaired) electrons. The van der Waals surface area contributed by atoms with Gasteiger partial charge in [-0.3, -0.25) is 4.79 Å². The lowest BCUT2D eigenvalue weighted by Crippen LogP contribution is -2.44. The highest BCUT2D eigenvalue weighted by Crippen LogP contribution is 2.39. The lowest BCUT2D eigenvalue weighted by molar-refractivity contribution is -0.163. The van der Waals surface area contributed by atoms with Crippen LogP contribution in [-0.2, 0) is 9.53 Å². The number of carbonyl (C=O) groups is 1. The van der Waals surface area contributed by atoms with Gasteiger partial charge in [0.15, 0.2) is 0 Å². The molecule has 3 nitrogen and oxygen atoms in total. The van der Waals surface area contributed by atoms with E-state index in [9.17, 15) is 9.90 Å². The number of esters is 1. The van der Waals surface area contributed by atoms with Crippen molar-refractivity contribution in [3.8, 4) is 0 Å². The van der Waals surface area contributed by atoms with E-state index < -0.39 is 11.7 Å². The van der Waals surface area contributed by atoms with E-state index in [1.807, 2.05) is 0 Å². The predicted molar refractivity (Wildman–Crippen MR) is 42.5 cm³/mol. The minimum absolute atomic E-state index is 0.143. The average molecular weight is 170 g/mol. The molecule has 1 saturated heterocycles. The van der Waals surface area contributed by atoms with E-state index in [2.05, 4.69) is 0 Å². The molecule has 0 amide bonds. The third-order valence-electron chi connectivity index (χ3n) is 3.00. The van der Waals surface area contributed by atoms with Crippen molar-refractivity contribution in [2.75, 3.05) is 0 Å². The molecule has 12 heavy (non-hydrogen) atoms. The van der Waals surface area contributed by atoms with Gasteiger partial charge in [-0.05, 0) is 19.3 Å². The standard InChI is InChI=1S/C9H14O3/c10-7-3-1-2-5-9(7)6-4-8(11)12-9/h7,10H,1-6H2/t7-,9-/m0/s1. The summed E-state index contributed by atoms with van der Waals surface area (Å²) < 4.78 is 5.21. The van der Waals surface area contributed by atoms with Gasteiger partial charge in [-0.2, -0.15) is 0 Å². The zero-order valence-corrected chi connectivity index (χ0v) is 7.08. The second kappa shape index (κ2) is 2.73. The van der Waals surface area contributed by atoms with E-state index in [0.29, 0.717) is 12.8 Å². The van der Waals surface area contributed by atoms with Crippen LogP contribution < -0.4 is 0 Å². The first-order chi connectivity index (χ1) is 5.73. The highest BCUT2D eigenvalue weighted by molar-refractivity contribution is 5.72. The lowest BCUT2D eigenvalue weighted by atomic mass is 9.80. The molecule has 0 aromatic rings. The van der Waals surface area contributed by atoms with E-state index in [-0.39, 0.29) is 5.97 Å². The van der Waals surface area contributed by atoms with Crippen LogP contribution in [-0.4, -0.2) is 22.8 Å². The third kappa shape index (κ3) is 1.12. The van der Waals surface area contributed by atoms with Gasteiger partial charge in [0.1, 0.15) is 5.60 Å². The van der Waals surface area contributed by atoms with Crippen LogP contribution >= 0.6 is 0 Å². The Labute approximate surface area is 71.7 Å². The second-order valence-corrected chi connectivity index (χ2v) is 3.80. The van der Waals surface area contributed by atoms with Crippen molar-refractivity contribution in [2.45, 2.75) is 50.2 Å². The largest absolute Gasteiger partial charge is 0.456 e. The maximum Gasteiger partial charge on any atom is 0.306 e. The Morgan fingerprint density at radius 1 is 1.42 bits per heavy atom. The summed E-state index contributed by atoms with van der Waals surface area (Å²) in [7, 11) is 0. The number of hydrogen-bond donors (Lipinski definition) is 1. The maximum absolute atomic E-state index is 10.9. The van der Waals surface area contributed by atoms with E-state index in [4.69, 9.17) is 4.74 Å². The molecule has 1 aliphatic heterocycles. The summed E-state index contributed by atoms with van der Waals surface area (Å²) in [6.45, 7) is 0. The van der Waals surface area contributed by atoms with Crippen LogP contribution in [0.4, 0.5) is 0 Å². The van der Waals surface area contributed by atoms with Gasteiger partial charge in [0.05, 0.1) is 6.10 Å². The van der Waals surface area contributed by atoms with Gasteiger partial charge in [-0.1, -0.05) is 6.42 Å². The van der Waals surface area contributed by atoms with Crippen molar-refractivity contribution in [3.05, 3.63) is 0 Å². The molecule has 2 rings (SSSR count). The second-order valence-electron chi connectivity index (χ2n) is 3.80.